The lowest BCUT2D eigenvalue weighted by atomic mass is 10.1. The molecule has 2 nitrogen and oxygen atoms in total. The van der Waals surface area contributed by atoms with E-state index in [1.54, 1.807) is 0 Å². The van der Waals surface area contributed by atoms with Crippen LogP contribution in [0.1, 0.15) is 58.3 Å². The van der Waals surface area contributed by atoms with E-state index in [1.165, 1.54) is 57.9 Å². The Balaban J connectivity index is 0. The molecule has 0 aromatic rings. The fourth-order valence-electron chi connectivity index (χ4n) is 1.66. The van der Waals surface area contributed by atoms with E-state index in [9.17, 15) is 0 Å². The molecule has 0 bridgehead atoms. The van der Waals surface area contributed by atoms with Crippen molar-refractivity contribution in [2.75, 3.05) is 19.7 Å². The average Bonchev–Trinajstić information content (AvgIpc) is 2.21. The molecule has 0 rings (SSSR count). The number of hydrogen-bond donors (Lipinski definition) is 2. The highest BCUT2D eigenvalue weighted by molar-refractivity contribution is 4.44. The quantitative estimate of drug-likeness (QED) is 0.454. The van der Waals surface area contributed by atoms with Crippen molar-refractivity contribution in [2.24, 2.45) is 0 Å². The first-order chi connectivity index (χ1) is 6.91. The maximum absolute atomic E-state index is 8.56. The molecular formula is C12H28BrNO. The highest BCUT2D eigenvalue weighted by atomic mass is 79.9. The Morgan fingerprint density at radius 3 is 1.87 bits per heavy atom. The molecule has 0 aliphatic heterocycles. The molecule has 0 aliphatic rings. The maximum Gasteiger partial charge on any atom is 0.0990 e. The molecule has 15 heavy (non-hydrogen) atoms. The van der Waals surface area contributed by atoms with Crippen LogP contribution >= 0.6 is 0 Å². The predicted octanol–water partition coefficient (Wildman–Crippen LogP) is -1.31. The van der Waals surface area contributed by atoms with Gasteiger partial charge in [0.15, 0.2) is 0 Å². The van der Waals surface area contributed by atoms with E-state index in [-0.39, 0.29) is 17.0 Å². The minimum Gasteiger partial charge on any atom is -1.00 e. The van der Waals surface area contributed by atoms with Crippen LogP contribution in [0.2, 0.25) is 0 Å². The van der Waals surface area contributed by atoms with Crippen LogP contribution in [0.15, 0.2) is 0 Å². The number of rotatable bonds is 11. The SMILES string of the molecule is CCCCCCCCCC[NH2+]CCO.[Br-]. The van der Waals surface area contributed by atoms with Gasteiger partial charge >= 0.3 is 0 Å². The van der Waals surface area contributed by atoms with E-state index in [0.29, 0.717) is 6.61 Å². The molecule has 0 saturated carbocycles. The lowest BCUT2D eigenvalue weighted by Crippen LogP contribution is -3.00. The third kappa shape index (κ3) is 17.0. The molecular weight excluding hydrogens is 254 g/mol. The van der Waals surface area contributed by atoms with E-state index < -0.39 is 0 Å². The van der Waals surface area contributed by atoms with Crippen molar-refractivity contribution in [3.8, 4) is 0 Å². The van der Waals surface area contributed by atoms with Crippen molar-refractivity contribution in [3.05, 3.63) is 0 Å². The van der Waals surface area contributed by atoms with Crippen LogP contribution in [0, 0.1) is 0 Å². The smallest absolute Gasteiger partial charge is 0.0990 e. The second-order valence-corrected chi connectivity index (χ2v) is 4.06. The van der Waals surface area contributed by atoms with Crippen molar-refractivity contribution < 1.29 is 27.4 Å². The Labute approximate surface area is 106 Å². The van der Waals surface area contributed by atoms with Gasteiger partial charge in [-0.3, -0.25) is 0 Å². The molecule has 94 valence electrons. The van der Waals surface area contributed by atoms with Gasteiger partial charge < -0.3 is 27.4 Å². The highest BCUT2D eigenvalue weighted by Crippen LogP contribution is 2.07. The molecule has 0 aliphatic carbocycles. The van der Waals surface area contributed by atoms with Crippen molar-refractivity contribution in [1.29, 1.82) is 0 Å². The maximum atomic E-state index is 8.56. The molecule has 0 amide bonds. The summed E-state index contributed by atoms with van der Waals surface area (Å²) in [5, 5.41) is 10.8. The zero-order chi connectivity index (χ0) is 10.5. The van der Waals surface area contributed by atoms with Crippen LogP contribution in [-0.4, -0.2) is 24.8 Å². The summed E-state index contributed by atoms with van der Waals surface area (Å²) in [7, 11) is 0. The fraction of sp³-hybridized carbons (Fsp3) is 1.00. The molecule has 3 N–H and O–H groups in total. The molecule has 0 radical (unpaired) electrons. The number of aliphatic hydroxyl groups excluding tert-OH is 1. The van der Waals surface area contributed by atoms with Crippen molar-refractivity contribution in [3.63, 3.8) is 0 Å². The summed E-state index contributed by atoms with van der Waals surface area (Å²) in [6, 6.07) is 0. The average molecular weight is 282 g/mol. The number of halogens is 1. The van der Waals surface area contributed by atoms with Crippen molar-refractivity contribution >= 4 is 0 Å². The molecule has 0 aromatic carbocycles. The Kier molecular flexibility index (Phi) is 19.9. The second kappa shape index (κ2) is 16.8. The van der Waals surface area contributed by atoms with Crippen LogP contribution < -0.4 is 22.3 Å². The number of unbranched alkanes of at least 4 members (excludes halogenated alkanes) is 7. The van der Waals surface area contributed by atoms with Crippen LogP contribution in [0.25, 0.3) is 0 Å². The molecule has 0 fully saturated rings. The summed E-state index contributed by atoms with van der Waals surface area (Å²) < 4.78 is 0. The Morgan fingerprint density at radius 1 is 0.800 bits per heavy atom. The van der Waals surface area contributed by atoms with Gasteiger partial charge in [-0.1, -0.05) is 45.4 Å². The predicted molar refractivity (Wildman–Crippen MR) is 61.4 cm³/mol. The topological polar surface area (TPSA) is 36.8 Å². The minimum absolute atomic E-state index is 0. The zero-order valence-corrected chi connectivity index (χ0v) is 11.8. The lowest BCUT2D eigenvalue weighted by molar-refractivity contribution is -0.656. The van der Waals surface area contributed by atoms with Gasteiger partial charge in [0, 0.05) is 0 Å². The van der Waals surface area contributed by atoms with Gasteiger partial charge in [-0.25, -0.2) is 0 Å². The van der Waals surface area contributed by atoms with Gasteiger partial charge in [-0.05, 0) is 12.8 Å². The summed E-state index contributed by atoms with van der Waals surface area (Å²) in [5.41, 5.74) is 0. The van der Waals surface area contributed by atoms with Gasteiger partial charge in [-0.2, -0.15) is 0 Å². The van der Waals surface area contributed by atoms with Gasteiger partial charge in [0.05, 0.1) is 19.7 Å². The Morgan fingerprint density at radius 2 is 1.33 bits per heavy atom. The van der Waals surface area contributed by atoms with E-state index in [1.807, 2.05) is 0 Å². The van der Waals surface area contributed by atoms with Crippen LogP contribution in [0.3, 0.4) is 0 Å². The van der Waals surface area contributed by atoms with Crippen molar-refractivity contribution in [2.45, 2.75) is 58.3 Å². The first-order valence-electron chi connectivity index (χ1n) is 6.34. The largest absolute Gasteiger partial charge is 1.00 e. The lowest BCUT2D eigenvalue weighted by Gasteiger charge is -2.01. The van der Waals surface area contributed by atoms with E-state index in [0.717, 1.165) is 6.54 Å². The molecule has 3 heteroatoms. The molecule has 0 heterocycles. The third-order valence-electron chi connectivity index (χ3n) is 2.60. The first-order valence-corrected chi connectivity index (χ1v) is 6.34. The van der Waals surface area contributed by atoms with Crippen LogP contribution in [0.5, 0.6) is 0 Å². The zero-order valence-electron chi connectivity index (χ0n) is 10.2. The number of nitrogens with two attached hydrogens (primary N) is 1. The third-order valence-corrected chi connectivity index (χ3v) is 2.60. The summed E-state index contributed by atoms with van der Waals surface area (Å²) in [6.45, 7) is 4.64. The van der Waals surface area contributed by atoms with Gasteiger partial charge in [0.2, 0.25) is 0 Å². The summed E-state index contributed by atoms with van der Waals surface area (Å²) in [6.07, 6.45) is 11.1. The molecule has 0 atom stereocenters. The molecule has 0 aromatic heterocycles. The highest BCUT2D eigenvalue weighted by Gasteiger charge is 1.92. The first kappa shape index (κ1) is 17.8. The van der Waals surface area contributed by atoms with Crippen LogP contribution in [0.4, 0.5) is 0 Å². The normalized spacial score (nSPS) is 10.0. The number of hydrogen-bond acceptors (Lipinski definition) is 1. The van der Waals surface area contributed by atoms with Crippen molar-refractivity contribution in [1.82, 2.24) is 0 Å². The van der Waals surface area contributed by atoms with E-state index in [4.69, 9.17) is 5.11 Å². The van der Waals surface area contributed by atoms with E-state index in [2.05, 4.69) is 12.2 Å². The monoisotopic (exact) mass is 281 g/mol. The standard InChI is InChI=1S/C12H27NO.BrH/c1-2-3-4-5-6-7-8-9-10-13-11-12-14;/h13-14H,2-12H2,1H3;1H. The molecule has 0 unspecified atom stereocenters. The Bertz CT molecular complexity index is 89.6. The van der Waals surface area contributed by atoms with Gasteiger partial charge in [-0.15, -0.1) is 0 Å². The van der Waals surface area contributed by atoms with Crippen LogP contribution in [-0.2, 0) is 0 Å². The summed E-state index contributed by atoms with van der Waals surface area (Å²) in [4.78, 5) is 0. The summed E-state index contributed by atoms with van der Waals surface area (Å²) >= 11 is 0. The Hall–Kier alpha value is 0.400. The second-order valence-electron chi connectivity index (χ2n) is 4.06. The van der Waals surface area contributed by atoms with Gasteiger partial charge in [0.25, 0.3) is 0 Å². The van der Waals surface area contributed by atoms with Gasteiger partial charge in [0.1, 0.15) is 0 Å². The minimum atomic E-state index is 0. The number of aliphatic hydroxyl groups is 1. The summed E-state index contributed by atoms with van der Waals surface area (Å²) in [5.74, 6) is 0. The fourth-order valence-corrected chi connectivity index (χ4v) is 1.66. The number of quaternary nitrogens is 1. The molecule has 0 saturated heterocycles. The van der Waals surface area contributed by atoms with E-state index >= 15 is 0 Å². The molecule has 0 spiro atoms.